The summed E-state index contributed by atoms with van der Waals surface area (Å²) in [5, 5.41) is 0. The molecule has 22 heteroatoms. The topological polar surface area (TPSA) is 25.9 Å². The smallest absolute Gasteiger partial charge is 0.151 e. The molecule has 0 aliphatic rings. The average Bonchev–Trinajstić information content (AvgIpc) is 0.862. The van der Waals surface area contributed by atoms with Gasteiger partial charge in [-0.15, -0.1) is 0 Å². The van der Waals surface area contributed by atoms with Crippen LogP contribution in [-0.2, 0) is 13.1 Å². The normalized spacial score (nSPS) is 11.3. The largest absolute Gasteiger partial charge is 0.357 e. The van der Waals surface area contributed by atoms with Crippen LogP contribution in [0.5, 0.6) is 0 Å². The third-order valence-corrected chi connectivity index (χ3v) is 25.2. The van der Waals surface area contributed by atoms with Gasteiger partial charge in [0.25, 0.3) is 0 Å². The van der Waals surface area contributed by atoms with E-state index in [2.05, 4.69) is 278 Å². The zero-order chi connectivity index (χ0) is 77.3. The number of benzene rings is 4. The monoisotopic (exact) mass is 1650 g/mol. The number of hydrogen-bond acceptors (Lipinski definition) is 14. The summed E-state index contributed by atoms with van der Waals surface area (Å²) in [6.45, 7) is 64.8. The van der Waals surface area contributed by atoms with Crippen LogP contribution in [0.2, 0.25) is 0 Å². The van der Waals surface area contributed by atoms with Gasteiger partial charge >= 0.3 is 0 Å². The van der Waals surface area contributed by atoms with Crippen molar-refractivity contribution < 1.29 is 0 Å². The Bertz CT molecular complexity index is 2760. The van der Waals surface area contributed by atoms with Gasteiger partial charge in [-0.1, -0.05) is 333 Å². The number of anilines is 2. The van der Waals surface area contributed by atoms with Crippen LogP contribution in [0.15, 0.2) is 121 Å². The number of nitrogens with zero attached hydrogens (tertiary/aromatic N) is 8. The maximum absolute atomic E-state index is 5.78. The van der Waals surface area contributed by atoms with E-state index in [4.69, 9.17) is 97.7 Å². The Kier molecular flexibility index (Phi) is 52.6. The zero-order valence-corrected chi connectivity index (χ0v) is 77.7. The third kappa shape index (κ3) is 44.5. The molecule has 4 rings (SSSR count). The molecule has 0 bridgehead atoms. The Morgan fingerprint density at radius 3 is 0.657 bits per heavy atom. The maximum Gasteiger partial charge on any atom is 0.151 e. The SMILES string of the molecule is CC(C)CN(C(=S)SSC(=S)N(CC(C)C)c1ccccc1)c1ccccc1.CC(C)CN(CC(C)C)C(=S)SC(=S)N(CC(C)C)CC(C)C.CC(C)CN(CC(C)C)C(=S)SSC(=S)N(CC(C)C)CC(C)C.CC(C)N(Cc1ccccc1)C(=S)SC(=S)N(Cc1ccccc1)C(C)C. The molecule has 8 nitrogen and oxygen atoms in total. The Labute approximate surface area is 691 Å². The van der Waals surface area contributed by atoms with E-state index in [1.807, 2.05) is 48.5 Å². The van der Waals surface area contributed by atoms with Crippen molar-refractivity contribution in [2.75, 3.05) is 75.2 Å². The maximum atomic E-state index is 5.78. The quantitative estimate of drug-likeness (QED) is 0.0398. The number of rotatable bonds is 28. The van der Waals surface area contributed by atoms with Crippen LogP contribution in [0, 0.1) is 59.2 Å². The fraction of sp³-hybridized carbons (Fsp3) is 0.600. The molecule has 572 valence electrons. The third-order valence-electron chi connectivity index (χ3n) is 14.2. The van der Waals surface area contributed by atoms with Crippen LogP contribution in [0.1, 0.15) is 177 Å². The lowest BCUT2D eigenvalue weighted by Gasteiger charge is -2.33. The highest BCUT2D eigenvalue weighted by Gasteiger charge is 2.25. The molecule has 4 aromatic rings. The molecule has 102 heavy (non-hydrogen) atoms. The van der Waals surface area contributed by atoms with Gasteiger partial charge in [0.1, 0.15) is 25.9 Å². The van der Waals surface area contributed by atoms with Gasteiger partial charge in [0.2, 0.25) is 0 Å². The van der Waals surface area contributed by atoms with Crippen LogP contribution in [-0.4, -0.2) is 141 Å². The molecule has 0 heterocycles. The minimum absolute atomic E-state index is 0.314. The summed E-state index contributed by atoms with van der Waals surface area (Å²) in [6, 6.07) is 42.2. The molecular weight excluding hydrogens is 1520 g/mol. The van der Waals surface area contributed by atoms with E-state index in [1.165, 1.54) is 22.9 Å². The van der Waals surface area contributed by atoms with Gasteiger partial charge in [0.15, 0.2) is 8.64 Å². The minimum atomic E-state index is 0.314. The first-order valence-corrected chi connectivity index (χ1v) is 45.6. The van der Waals surface area contributed by atoms with Gasteiger partial charge in [-0.05, 0) is 189 Å². The summed E-state index contributed by atoms with van der Waals surface area (Å²) >= 11 is 49.0. The predicted octanol–water partition coefficient (Wildman–Crippen LogP) is 25.1. The second-order valence-corrected chi connectivity index (χ2v) is 41.9. The van der Waals surface area contributed by atoms with E-state index >= 15 is 0 Å². The van der Waals surface area contributed by atoms with Crippen molar-refractivity contribution >= 4 is 210 Å². The summed E-state index contributed by atoms with van der Waals surface area (Å²) in [7, 11) is 6.44. The van der Waals surface area contributed by atoms with Gasteiger partial charge < -0.3 is 39.2 Å². The van der Waals surface area contributed by atoms with Crippen LogP contribution in [0.4, 0.5) is 11.4 Å². The molecule has 4 aromatic carbocycles. The average molecular weight is 1650 g/mol. The van der Waals surface area contributed by atoms with Gasteiger partial charge in [-0.2, -0.15) is 0 Å². The van der Waals surface area contributed by atoms with Crippen LogP contribution in [0.3, 0.4) is 0 Å². The fourth-order valence-electron chi connectivity index (χ4n) is 10.1. The van der Waals surface area contributed by atoms with Gasteiger partial charge in [-0.25, -0.2) is 0 Å². The Morgan fingerprint density at radius 2 is 0.441 bits per heavy atom. The lowest BCUT2D eigenvalue weighted by molar-refractivity contribution is 0.335. The number of hydrogen-bond donors (Lipinski definition) is 0. The Balaban J connectivity index is 0.000000683. The van der Waals surface area contributed by atoms with Crippen molar-refractivity contribution in [2.45, 2.75) is 191 Å². The molecule has 0 aliphatic heterocycles. The van der Waals surface area contributed by atoms with E-state index in [1.54, 1.807) is 54.9 Å². The summed E-state index contributed by atoms with van der Waals surface area (Å²) in [6.07, 6.45) is 0. The molecule has 0 atom stereocenters. The minimum Gasteiger partial charge on any atom is -0.357 e. The van der Waals surface area contributed by atoms with E-state index in [9.17, 15) is 0 Å². The molecule has 0 amide bonds. The van der Waals surface area contributed by atoms with Gasteiger partial charge in [0.05, 0.1) is 0 Å². The summed E-state index contributed by atoms with van der Waals surface area (Å²) in [5.74, 6) is 5.86. The lowest BCUT2D eigenvalue weighted by Crippen LogP contribution is -2.38. The highest BCUT2D eigenvalue weighted by atomic mass is 33.1. The van der Waals surface area contributed by atoms with E-state index < -0.39 is 0 Å². The standard InChI is InChI=1S/C22H28N2S4.C22H28N2S3.C18H36N2S4.C18H36N2S3/c1-17(2)15-23(19-11-7-5-8-12-19)21(25)27-28-22(26)24(16-18(3)4)20-13-9-6-10-14-20;1-17(2)23(15-19-11-7-5-8-12-19)21(25)27-22(26)24(18(3)4)16-20-13-9-6-10-14-20;1-13(2)9-19(10-14(3)4)17(21)23-24-18(22)20(11-15(5)6)12-16(7)8;1-13(2)9-19(10-14(3)4)17(21)23-18(22)20(11-15(5)6)12-16(7)8/h5-14,17-18H,15-16H2,1-4H3;5-14,17-18H,15-16H2,1-4H3;13-16H,9-12H2,1-8H3;13-16H,9-12H2,1-8H3. The molecule has 0 aromatic heterocycles. The molecule has 0 aliphatic carbocycles. The van der Waals surface area contributed by atoms with Crippen molar-refractivity contribution in [3.63, 3.8) is 0 Å². The first-order chi connectivity index (χ1) is 47.8. The Morgan fingerprint density at radius 1 is 0.245 bits per heavy atom. The van der Waals surface area contributed by atoms with Crippen molar-refractivity contribution in [2.24, 2.45) is 59.2 Å². The van der Waals surface area contributed by atoms with E-state index in [0.29, 0.717) is 71.3 Å². The highest BCUT2D eigenvalue weighted by Crippen LogP contribution is 2.34. The first-order valence-electron chi connectivity index (χ1n) is 36.4. The first kappa shape index (κ1) is 98.1. The van der Waals surface area contributed by atoms with Crippen molar-refractivity contribution in [1.29, 1.82) is 0 Å². The van der Waals surface area contributed by atoms with Gasteiger partial charge in [0, 0.05) is 102 Å². The Hall–Kier alpha value is -1.90. The van der Waals surface area contributed by atoms with Crippen LogP contribution < -0.4 is 9.80 Å². The fourth-order valence-corrected chi connectivity index (χ4v) is 19.1. The van der Waals surface area contributed by atoms with E-state index in [0.717, 1.165) is 124 Å². The second-order valence-electron chi connectivity index (χ2n) is 30.5. The van der Waals surface area contributed by atoms with Crippen molar-refractivity contribution in [1.82, 2.24) is 29.4 Å². The van der Waals surface area contributed by atoms with Crippen LogP contribution >= 0.6 is 164 Å². The summed E-state index contributed by atoms with van der Waals surface area (Å²) in [4.78, 5) is 18.2. The van der Waals surface area contributed by atoms with Crippen molar-refractivity contribution in [3.05, 3.63) is 132 Å². The molecule has 0 spiro atoms. The number of thiocarbonyl (C=S) groups is 8. The van der Waals surface area contributed by atoms with Gasteiger partial charge in [-0.3, -0.25) is 0 Å². The highest BCUT2D eigenvalue weighted by molar-refractivity contribution is 8.90. The predicted molar refractivity (Wildman–Crippen MR) is 503 cm³/mol. The molecule has 0 radical (unpaired) electrons. The number of thioether (sulfide) groups is 2. The molecule has 0 saturated carbocycles. The number of para-hydroxylation sites is 2. The summed E-state index contributed by atoms with van der Waals surface area (Å²) in [5.41, 5.74) is 4.76. The summed E-state index contributed by atoms with van der Waals surface area (Å²) < 4.78 is 7.10. The van der Waals surface area contributed by atoms with Crippen LogP contribution in [0.25, 0.3) is 0 Å². The lowest BCUT2D eigenvalue weighted by atomic mass is 10.1. The molecule has 0 N–H and O–H groups in total. The second kappa shape index (κ2) is 54.7. The molecule has 0 saturated heterocycles. The molecule has 0 unspecified atom stereocenters. The van der Waals surface area contributed by atoms with E-state index in [-0.39, 0.29) is 0 Å². The molecule has 0 fully saturated rings. The van der Waals surface area contributed by atoms with Crippen molar-refractivity contribution in [3.8, 4) is 0 Å². The zero-order valence-electron chi connectivity index (χ0n) is 66.3. The molecular formula is C80H128N8S14.